The summed E-state index contributed by atoms with van der Waals surface area (Å²) in [7, 11) is 0. The van der Waals surface area contributed by atoms with Gasteiger partial charge in [-0.3, -0.25) is 0 Å². The summed E-state index contributed by atoms with van der Waals surface area (Å²) in [5.41, 5.74) is 3.25. The SMILES string of the molecule is C=CCN1CCOc2ccc(-c3c(C(C)(OC(C)(C)C)C(=O)O)c(C)nc4cc(-c5cccc(-c6ccccc6O)c5)nn34)c(Cl)c21. The molecule has 0 saturated heterocycles. The van der Waals surface area contributed by atoms with E-state index in [9.17, 15) is 15.0 Å². The van der Waals surface area contributed by atoms with Crippen LogP contribution in [0.4, 0.5) is 5.69 Å². The van der Waals surface area contributed by atoms with Gasteiger partial charge in [-0.25, -0.2) is 14.3 Å². The lowest BCUT2D eigenvalue weighted by molar-refractivity contribution is -0.183. The molecule has 1 aliphatic rings. The van der Waals surface area contributed by atoms with E-state index in [1.807, 2.05) is 75.4 Å². The first kappa shape index (κ1) is 32.1. The number of aromatic hydroxyl groups is 1. The smallest absolute Gasteiger partial charge is 0.340 e. The van der Waals surface area contributed by atoms with Crippen molar-refractivity contribution in [3.8, 4) is 45.1 Å². The number of benzene rings is 3. The van der Waals surface area contributed by atoms with Crippen LogP contribution in [0.3, 0.4) is 0 Å². The van der Waals surface area contributed by atoms with Gasteiger partial charge in [-0.05, 0) is 64.4 Å². The zero-order chi connectivity index (χ0) is 33.7. The largest absolute Gasteiger partial charge is 0.507 e. The second-order valence-electron chi connectivity index (χ2n) is 12.7. The molecule has 2 N–H and O–H groups in total. The highest BCUT2D eigenvalue weighted by atomic mass is 35.5. The molecule has 1 atom stereocenters. The Kier molecular flexibility index (Phi) is 8.23. The molecule has 0 amide bonds. The zero-order valence-corrected chi connectivity index (χ0v) is 27.8. The minimum absolute atomic E-state index is 0.173. The Morgan fingerprint density at radius 1 is 1.06 bits per heavy atom. The summed E-state index contributed by atoms with van der Waals surface area (Å²) < 4.78 is 14.0. The Hall–Kier alpha value is -4.86. The maximum Gasteiger partial charge on any atom is 0.340 e. The molecule has 10 heteroatoms. The number of ether oxygens (including phenoxy) is 2. The predicted molar refractivity (Wildman–Crippen MR) is 184 cm³/mol. The molecule has 0 spiro atoms. The van der Waals surface area contributed by atoms with E-state index in [0.29, 0.717) is 75.6 Å². The van der Waals surface area contributed by atoms with Gasteiger partial charge in [0.1, 0.15) is 18.1 Å². The molecule has 2 aromatic heterocycles. The lowest BCUT2D eigenvalue weighted by Gasteiger charge is -2.36. The summed E-state index contributed by atoms with van der Waals surface area (Å²) in [5.74, 6) is -0.372. The third kappa shape index (κ3) is 5.81. The number of carbonyl (C=O) groups is 1. The molecule has 1 unspecified atom stereocenters. The fourth-order valence-corrected chi connectivity index (χ4v) is 6.68. The Morgan fingerprint density at radius 3 is 2.51 bits per heavy atom. The number of hydrogen-bond acceptors (Lipinski definition) is 7. The molecule has 0 saturated carbocycles. The molecule has 9 nitrogen and oxygen atoms in total. The third-order valence-electron chi connectivity index (χ3n) is 8.17. The molecule has 0 fully saturated rings. The fourth-order valence-electron chi connectivity index (χ4n) is 6.32. The molecule has 47 heavy (non-hydrogen) atoms. The molecule has 0 bridgehead atoms. The zero-order valence-electron chi connectivity index (χ0n) is 27.0. The van der Waals surface area contributed by atoms with Gasteiger partial charge in [0.2, 0.25) is 0 Å². The van der Waals surface area contributed by atoms with E-state index in [-0.39, 0.29) is 5.75 Å². The number of para-hydroxylation sites is 1. The van der Waals surface area contributed by atoms with Crippen LogP contribution in [0.25, 0.3) is 39.3 Å². The molecule has 6 rings (SSSR count). The highest BCUT2D eigenvalue weighted by Crippen LogP contribution is 2.47. The summed E-state index contributed by atoms with van der Waals surface area (Å²) >= 11 is 7.28. The number of aliphatic carboxylic acids is 1. The van der Waals surface area contributed by atoms with Crippen molar-refractivity contribution in [3.63, 3.8) is 0 Å². The molecule has 0 radical (unpaired) electrons. The summed E-state index contributed by atoms with van der Waals surface area (Å²) in [5, 5.41) is 26.7. The molecular formula is C37H37ClN4O5. The van der Waals surface area contributed by atoms with Crippen LogP contribution in [0.5, 0.6) is 11.5 Å². The molecule has 0 aliphatic carbocycles. The molecule has 242 valence electrons. The topological polar surface area (TPSA) is 109 Å². The Morgan fingerprint density at radius 2 is 1.81 bits per heavy atom. The lowest BCUT2D eigenvalue weighted by Crippen LogP contribution is -2.43. The van der Waals surface area contributed by atoms with E-state index in [4.69, 9.17) is 31.2 Å². The van der Waals surface area contributed by atoms with Crippen molar-refractivity contribution in [1.29, 1.82) is 0 Å². The first-order valence-electron chi connectivity index (χ1n) is 15.4. The number of rotatable bonds is 8. The summed E-state index contributed by atoms with van der Waals surface area (Å²) in [4.78, 5) is 20.1. The van der Waals surface area contributed by atoms with Gasteiger partial charge in [0.25, 0.3) is 0 Å². The van der Waals surface area contributed by atoms with Gasteiger partial charge >= 0.3 is 5.97 Å². The van der Waals surface area contributed by atoms with Gasteiger partial charge in [0.05, 0.1) is 34.2 Å². The number of anilines is 1. The molecule has 3 aromatic carbocycles. The van der Waals surface area contributed by atoms with E-state index in [2.05, 4.69) is 11.5 Å². The standard InChI is InChI=1S/C37H37ClN4O5/c1-7-17-41-18-19-46-29-16-15-26(32(38)34(29)41)33-31(37(6,35(44)45)47-36(3,4)5)22(2)39-30-21-27(40-42(30)33)24-12-10-11-23(20-24)25-13-8-9-14-28(25)43/h7-16,20-21,43H,1,17-19H2,2-6H3,(H,44,45). The van der Waals surface area contributed by atoms with Gasteiger partial charge in [-0.1, -0.05) is 54.1 Å². The lowest BCUT2D eigenvalue weighted by atomic mass is 9.88. The van der Waals surface area contributed by atoms with Gasteiger partial charge in [0, 0.05) is 40.6 Å². The quantitative estimate of drug-likeness (QED) is 0.163. The number of carboxylic acids is 1. The van der Waals surface area contributed by atoms with Crippen LogP contribution in [-0.4, -0.2) is 56.1 Å². The molecule has 1 aliphatic heterocycles. The van der Waals surface area contributed by atoms with Crippen LogP contribution in [0, 0.1) is 6.92 Å². The minimum Gasteiger partial charge on any atom is -0.507 e. The maximum atomic E-state index is 13.2. The number of hydrogen-bond donors (Lipinski definition) is 2. The van der Waals surface area contributed by atoms with E-state index in [1.54, 1.807) is 36.6 Å². The number of aryl methyl sites for hydroxylation is 1. The van der Waals surface area contributed by atoms with E-state index in [1.165, 1.54) is 0 Å². The molecular weight excluding hydrogens is 616 g/mol. The van der Waals surface area contributed by atoms with Crippen molar-refractivity contribution < 1.29 is 24.5 Å². The summed E-state index contributed by atoms with van der Waals surface area (Å²) in [6.45, 7) is 14.3. The van der Waals surface area contributed by atoms with Crippen LogP contribution in [0.2, 0.25) is 5.02 Å². The van der Waals surface area contributed by atoms with Gasteiger partial charge in [0.15, 0.2) is 11.2 Å². The van der Waals surface area contributed by atoms with Crippen LogP contribution in [0.1, 0.15) is 39.0 Å². The van der Waals surface area contributed by atoms with Crippen molar-refractivity contribution in [2.75, 3.05) is 24.6 Å². The molecule has 3 heterocycles. The van der Waals surface area contributed by atoms with E-state index < -0.39 is 17.2 Å². The van der Waals surface area contributed by atoms with Gasteiger partial charge in [-0.15, -0.1) is 6.58 Å². The van der Waals surface area contributed by atoms with Gasteiger partial charge < -0.3 is 24.6 Å². The highest BCUT2D eigenvalue weighted by molar-refractivity contribution is 6.36. The molecule has 5 aromatic rings. The van der Waals surface area contributed by atoms with Crippen molar-refractivity contribution in [1.82, 2.24) is 14.6 Å². The van der Waals surface area contributed by atoms with Crippen LogP contribution >= 0.6 is 11.6 Å². The number of nitrogens with zero attached hydrogens (tertiary/aromatic N) is 4. The van der Waals surface area contributed by atoms with Crippen LogP contribution in [-0.2, 0) is 15.1 Å². The monoisotopic (exact) mass is 652 g/mol. The Bertz CT molecular complexity index is 2030. The van der Waals surface area contributed by atoms with Crippen LogP contribution in [0.15, 0.2) is 79.4 Å². The van der Waals surface area contributed by atoms with Crippen molar-refractivity contribution >= 4 is 28.9 Å². The Balaban J connectivity index is 1.65. The highest BCUT2D eigenvalue weighted by Gasteiger charge is 2.45. The fraction of sp³-hybridized carbons (Fsp3) is 0.270. The minimum atomic E-state index is -1.83. The first-order valence-corrected chi connectivity index (χ1v) is 15.7. The van der Waals surface area contributed by atoms with E-state index in [0.717, 1.165) is 11.1 Å². The normalized spacial score (nSPS) is 14.4. The summed E-state index contributed by atoms with van der Waals surface area (Å²) in [6.07, 6.45) is 1.81. The Labute approximate surface area is 278 Å². The second-order valence-corrected chi connectivity index (χ2v) is 13.1. The number of carboxylic acid groups (broad SMARTS) is 1. The van der Waals surface area contributed by atoms with Gasteiger partial charge in [-0.2, -0.15) is 5.10 Å². The predicted octanol–water partition coefficient (Wildman–Crippen LogP) is 7.90. The number of aromatic nitrogens is 3. The maximum absolute atomic E-state index is 13.2. The van der Waals surface area contributed by atoms with Crippen molar-refractivity contribution in [2.45, 2.75) is 45.8 Å². The van der Waals surface area contributed by atoms with Crippen molar-refractivity contribution in [3.05, 3.63) is 95.7 Å². The average molecular weight is 653 g/mol. The first-order chi connectivity index (χ1) is 22.3. The van der Waals surface area contributed by atoms with E-state index >= 15 is 0 Å². The second kappa shape index (κ2) is 12.1. The van der Waals surface area contributed by atoms with Crippen LogP contribution < -0.4 is 9.64 Å². The average Bonchev–Trinajstić information content (AvgIpc) is 3.44. The number of halogens is 1. The summed E-state index contributed by atoms with van der Waals surface area (Å²) in [6, 6.07) is 20.4. The third-order valence-corrected chi connectivity index (χ3v) is 8.55. The number of phenols is 1. The number of fused-ring (bicyclic) bond motifs is 2. The van der Waals surface area contributed by atoms with Crippen molar-refractivity contribution in [2.24, 2.45) is 0 Å². The number of phenolic OH excluding ortho intramolecular Hbond substituents is 1.